The lowest BCUT2D eigenvalue weighted by Crippen LogP contribution is -2.14. The largest absolute Gasteiger partial charge is 0.496 e. The number of aromatic nitrogens is 2. The van der Waals surface area contributed by atoms with Gasteiger partial charge < -0.3 is 20.1 Å². The van der Waals surface area contributed by atoms with E-state index >= 15 is 0 Å². The summed E-state index contributed by atoms with van der Waals surface area (Å²) >= 11 is 5.86. The molecular weight excluding hydrogens is 258 g/mol. The first-order chi connectivity index (χ1) is 8.65. The number of nitrogens with zero attached hydrogens (tertiary/aromatic N) is 2. The van der Waals surface area contributed by atoms with E-state index in [1.165, 1.54) is 7.11 Å². The van der Waals surface area contributed by atoms with E-state index in [9.17, 15) is 0 Å². The van der Waals surface area contributed by atoms with E-state index in [1.54, 1.807) is 18.2 Å². The topological polar surface area (TPSA) is 94.4 Å². The summed E-state index contributed by atoms with van der Waals surface area (Å²) in [6.07, 6.45) is 0. The van der Waals surface area contributed by atoms with Crippen LogP contribution in [0, 0.1) is 0 Å². The zero-order valence-electron chi connectivity index (χ0n) is 9.63. The number of methoxy groups -OCH3 is 1. The van der Waals surface area contributed by atoms with Gasteiger partial charge in [-0.2, -0.15) is 4.98 Å². The maximum atomic E-state index is 8.91. The van der Waals surface area contributed by atoms with Crippen LogP contribution in [0.25, 0.3) is 11.4 Å². The van der Waals surface area contributed by atoms with Gasteiger partial charge in [0.2, 0.25) is 11.7 Å². The van der Waals surface area contributed by atoms with Crippen molar-refractivity contribution < 1.29 is 14.4 Å². The van der Waals surface area contributed by atoms with Crippen LogP contribution in [-0.4, -0.2) is 29.0 Å². The third-order valence-electron chi connectivity index (χ3n) is 2.36. The summed E-state index contributed by atoms with van der Waals surface area (Å²) < 4.78 is 10.2. The summed E-state index contributed by atoms with van der Waals surface area (Å²) in [6, 6.07) is 4.38. The van der Waals surface area contributed by atoms with Crippen LogP contribution in [0.4, 0.5) is 0 Å². The monoisotopic (exact) mass is 269 g/mol. The number of aliphatic hydroxyl groups is 1. The molecule has 2 aromatic rings. The lowest BCUT2D eigenvalue weighted by molar-refractivity contribution is 0.237. The second kappa shape index (κ2) is 5.34. The molecule has 1 heterocycles. The fourth-order valence-corrected chi connectivity index (χ4v) is 1.59. The standard InChI is InChI=1S/C11H12ClN3O3/c1-17-9-4-6(12)2-3-7(9)10-14-11(18-15-10)8(13)5-16/h2-4,8,16H,5,13H2,1H3. The van der Waals surface area contributed by atoms with E-state index in [0.29, 0.717) is 22.2 Å². The normalized spacial score (nSPS) is 12.4. The molecule has 18 heavy (non-hydrogen) atoms. The van der Waals surface area contributed by atoms with Crippen LogP contribution in [0.1, 0.15) is 11.9 Å². The van der Waals surface area contributed by atoms with Crippen molar-refractivity contribution >= 4 is 11.6 Å². The lowest BCUT2D eigenvalue weighted by Gasteiger charge is -2.04. The summed E-state index contributed by atoms with van der Waals surface area (Å²) in [5, 5.41) is 13.3. The van der Waals surface area contributed by atoms with E-state index in [4.69, 9.17) is 31.7 Å². The van der Waals surface area contributed by atoms with Crippen LogP contribution in [0.3, 0.4) is 0 Å². The first-order valence-corrected chi connectivity index (χ1v) is 5.57. The van der Waals surface area contributed by atoms with Gasteiger partial charge in [0, 0.05) is 5.02 Å². The van der Waals surface area contributed by atoms with E-state index in [0.717, 1.165) is 0 Å². The molecular formula is C11H12ClN3O3. The highest BCUT2D eigenvalue weighted by atomic mass is 35.5. The summed E-state index contributed by atoms with van der Waals surface area (Å²) in [5.74, 6) is 1.04. The van der Waals surface area contributed by atoms with Gasteiger partial charge in [0.25, 0.3) is 0 Å². The average molecular weight is 270 g/mol. The number of hydrogen-bond acceptors (Lipinski definition) is 6. The van der Waals surface area contributed by atoms with Crippen LogP contribution >= 0.6 is 11.6 Å². The molecule has 1 unspecified atom stereocenters. The molecule has 6 nitrogen and oxygen atoms in total. The van der Waals surface area contributed by atoms with Gasteiger partial charge in [0.05, 0.1) is 19.3 Å². The van der Waals surface area contributed by atoms with Gasteiger partial charge >= 0.3 is 0 Å². The van der Waals surface area contributed by atoms with Gasteiger partial charge in [-0.3, -0.25) is 0 Å². The quantitative estimate of drug-likeness (QED) is 0.871. The Kier molecular flexibility index (Phi) is 3.81. The maximum Gasteiger partial charge on any atom is 0.246 e. The summed E-state index contributed by atoms with van der Waals surface area (Å²) in [4.78, 5) is 4.10. The minimum Gasteiger partial charge on any atom is -0.496 e. The average Bonchev–Trinajstić information content (AvgIpc) is 2.87. The van der Waals surface area contributed by atoms with Crippen LogP contribution in [0.5, 0.6) is 5.75 Å². The Morgan fingerprint density at radius 2 is 2.33 bits per heavy atom. The zero-order chi connectivity index (χ0) is 13.1. The Balaban J connectivity index is 2.39. The molecule has 0 saturated carbocycles. The number of hydrogen-bond donors (Lipinski definition) is 2. The highest BCUT2D eigenvalue weighted by molar-refractivity contribution is 6.30. The number of benzene rings is 1. The van der Waals surface area contributed by atoms with Crippen molar-refractivity contribution in [1.82, 2.24) is 10.1 Å². The molecule has 1 aromatic carbocycles. The van der Waals surface area contributed by atoms with Gasteiger partial charge in [-0.05, 0) is 18.2 Å². The zero-order valence-corrected chi connectivity index (χ0v) is 10.4. The molecule has 1 atom stereocenters. The van der Waals surface area contributed by atoms with Gasteiger partial charge in [0.15, 0.2) is 0 Å². The fraction of sp³-hybridized carbons (Fsp3) is 0.273. The molecule has 0 bridgehead atoms. The molecule has 0 amide bonds. The number of aliphatic hydroxyl groups excluding tert-OH is 1. The van der Waals surface area contributed by atoms with Gasteiger partial charge in [-0.1, -0.05) is 16.8 Å². The third kappa shape index (κ3) is 2.45. The minimum absolute atomic E-state index is 0.171. The third-order valence-corrected chi connectivity index (χ3v) is 2.60. The number of ether oxygens (including phenoxy) is 1. The summed E-state index contributed by atoms with van der Waals surface area (Å²) in [6.45, 7) is -0.264. The predicted octanol–water partition coefficient (Wildman–Crippen LogP) is 1.39. The molecule has 0 aliphatic rings. The molecule has 96 valence electrons. The fourth-order valence-electron chi connectivity index (χ4n) is 1.42. The molecule has 3 N–H and O–H groups in total. The van der Waals surface area contributed by atoms with Crippen molar-refractivity contribution in [3.63, 3.8) is 0 Å². The minimum atomic E-state index is -0.690. The van der Waals surface area contributed by atoms with E-state index in [-0.39, 0.29) is 12.5 Å². The number of halogens is 1. The Bertz CT molecular complexity index is 544. The van der Waals surface area contributed by atoms with Gasteiger partial charge in [-0.25, -0.2) is 0 Å². The van der Waals surface area contributed by atoms with Gasteiger partial charge in [-0.15, -0.1) is 0 Å². The van der Waals surface area contributed by atoms with Crippen molar-refractivity contribution in [3.05, 3.63) is 29.1 Å². The maximum absolute atomic E-state index is 8.91. The first-order valence-electron chi connectivity index (χ1n) is 5.19. The van der Waals surface area contributed by atoms with Crippen molar-refractivity contribution in [1.29, 1.82) is 0 Å². The van der Waals surface area contributed by atoms with Crippen molar-refractivity contribution in [3.8, 4) is 17.1 Å². The summed E-state index contributed by atoms with van der Waals surface area (Å²) in [5.41, 5.74) is 6.22. The molecule has 0 aliphatic heterocycles. The Hall–Kier alpha value is -1.63. The molecule has 0 radical (unpaired) electrons. The molecule has 0 aliphatic carbocycles. The van der Waals surface area contributed by atoms with Crippen molar-refractivity contribution in [2.24, 2.45) is 5.73 Å². The molecule has 1 aromatic heterocycles. The van der Waals surface area contributed by atoms with E-state index in [2.05, 4.69) is 10.1 Å². The Morgan fingerprint density at radius 1 is 1.56 bits per heavy atom. The molecule has 7 heteroatoms. The second-order valence-corrected chi connectivity index (χ2v) is 4.03. The Labute approximate surface area is 108 Å². The molecule has 0 fully saturated rings. The lowest BCUT2D eigenvalue weighted by atomic mass is 10.2. The molecule has 0 saturated heterocycles. The number of nitrogens with two attached hydrogens (primary N) is 1. The second-order valence-electron chi connectivity index (χ2n) is 3.59. The smallest absolute Gasteiger partial charge is 0.246 e. The van der Waals surface area contributed by atoms with Crippen molar-refractivity contribution in [2.45, 2.75) is 6.04 Å². The predicted molar refractivity (Wildman–Crippen MR) is 65.3 cm³/mol. The molecule has 2 rings (SSSR count). The van der Waals surface area contributed by atoms with E-state index in [1.807, 2.05) is 0 Å². The van der Waals surface area contributed by atoms with Crippen LogP contribution in [0.15, 0.2) is 22.7 Å². The molecule has 0 spiro atoms. The van der Waals surface area contributed by atoms with Crippen LogP contribution in [0.2, 0.25) is 5.02 Å². The number of rotatable bonds is 4. The van der Waals surface area contributed by atoms with Gasteiger partial charge in [0.1, 0.15) is 11.8 Å². The van der Waals surface area contributed by atoms with Crippen LogP contribution in [-0.2, 0) is 0 Å². The first kappa shape index (κ1) is 12.8. The van der Waals surface area contributed by atoms with Crippen molar-refractivity contribution in [2.75, 3.05) is 13.7 Å². The highest BCUT2D eigenvalue weighted by Crippen LogP contribution is 2.30. The van der Waals surface area contributed by atoms with E-state index < -0.39 is 6.04 Å². The SMILES string of the molecule is COc1cc(Cl)ccc1-c1noc(C(N)CO)n1. The Morgan fingerprint density at radius 3 is 3.00 bits per heavy atom. The van der Waals surface area contributed by atoms with Crippen LogP contribution < -0.4 is 10.5 Å². The summed E-state index contributed by atoms with van der Waals surface area (Å²) in [7, 11) is 1.52. The highest BCUT2D eigenvalue weighted by Gasteiger charge is 2.17.